The molecule has 0 unspecified atom stereocenters. The van der Waals surface area contributed by atoms with E-state index in [0.29, 0.717) is 39.8 Å². The van der Waals surface area contributed by atoms with Gasteiger partial charge < -0.3 is 18.9 Å². The highest BCUT2D eigenvalue weighted by molar-refractivity contribution is 7.93. The lowest BCUT2D eigenvalue weighted by Gasteiger charge is -2.13. The molecule has 0 aliphatic heterocycles. The molecule has 0 saturated heterocycles. The van der Waals surface area contributed by atoms with Crippen molar-refractivity contribution in [1.82, 2.24) is 29.9 Å². The van der Waals surface area contributed by atoms with E-state index in [1.807, 2.05) is 55.4 Å². The maximum Gasteiger partial charge on any atom is 0.264 e. The Kier molecular flexibility index (Phi) is 29.2. The molecule has 0 aliphatic rings. The topological polar surface area (TPSA) is 367 Å². The minimum atomic E-state index is -4.04. The molecule has 0 bridgehead atoms. The first kappa shape index (κ1) is 85.3. The van der Waals surface area contributed by atoms with Crippen LogP contribution in [0.5, 0.6) is 23.1 Å². The van der Waals surface area contributed by atoms with Crippen molar-refractivity contribution in [1.29, 1.82) is 0 Å². The predicted molar refractivity (Wildman–Crippen MR) is 429 cm³/mol. The van der Waals surface area contributed by atoms with Gasteiger partial charge in [0.15, 0.2) is 34.8 Å². The first-order valence-corrected chi connectivity index (χ1v) is 41.0. The van der Waals surface area contributed by atoms with Gasteiger partial charge in [0, 0.05) is 77.3 Å². The van der Waals surface area contributed by atoms with Gasteiger partial charge in [0.2, 0.25) is 5.88 Å². The summed E-state index contributed by atoms with van der Waals surface area (Å²) in [6.07, 6.45) is 12.2. The molecule has 0 aliphatic carbocycles. The second-order valence-electron chi connectivity index (χ2n) is 25.4. The second kappa shape index (κ2) is 39.0. The quantitative estimate of drug-likeness (QED) is 0.0331. The molecule has 32 heteroatoms. The molecule has 6 heterocycles. The van der Waals surface area contributed by atoms with Gasteiger partial charge in [-0.1, -0.05) is 84.4 Å². The third-order valence-corrected chi connectivity index (χ3v) is 20.9. The normalized spacial score (nSPS) is 11.3. The van der Waals surface area contributed by atoms with Gasteiger partial charge >= 0.3 is 0 Å². The fourth-order valence-electron chi connectivity index (χ4n) is 10.2. The fourth-order valence-corrected chi connectivity index (χ4v) is 14.5. The molecule has 114 heavy (non-hydrogen) atoms. The number of rotatable bonds is 28. The van der Waals surface area contributed by atoms with Gasteiger partial charge in [-0.15, -0.1) is 0 Å². The molecule has 4 N–H and O–H groups in total. The molecule has 6 aromatic carbocycles. The van der Waals surface area contributed by atoms with Gasteiger partial charge in [0.25, 0.3) is 40.1 Å². The molecule has 0 atom stereocenters. The Morgan fingerprint density at radius 1 is 0.333 bits per heavy atom. The fraction of sp³-hybridized carbons (Fsp3) is 0.146. The Balaban J connectivity index is 0.000000174. The first-order chi connectivity index (χ1) is 54.2. The molecule has 588 valence electrons. The number of nitrogens with zero attached hydrogens (tertiary/aromatic N) is 6. The minimum absolute atomic E-state index is 0.0107. The average Bonchev–Trinajstić information content (AvgIpc) is 0.821. The van der Waals surface area contributed by atoms with Gasteiger partial charge in [-0.3, -0.25) is 53.0 Å². The summed E-state index contributed by atoms with van der Waals surface area (Å²) in [6, 6.07) is 53.5. The molecular weight excluding hydrogens is 1560 g/mol. The van der Waals surface area contributed by atoms with Crippen molar-refractivity contribution in [2.75, 3.05) is 18.9 Å². The Morgan fingerprint density at radius 2 is 0.754 bits per heavy atom. The van der Waals surface area contributed by atoms with E-state index in [1.165, 1.54) is 153 Å². The summed E-state index contributed by atoms with van der Waals surface area (Å²) in [7, 11) is -15.8. The van der Waals surface area contributed by atoms with Crippen LogP contribution in [0.25, 0.3) is 0 Å². The Bertz CT molecular complexity index is 5640. The molecular formula is C82H76ClFN10O16S4. The summed E-state index contributed by atoms with van der Waals surface area (Å²) in [6.45, 7) is 15.0. The van der Waals surface area contributed by atoms with Gasteiger partial charge in [0.05, 0.1) is 84.6 Å². The van der Waals surface area contributed by atoms with E-state index < -0.39 is 57.5 Å². The predicted octanol–water partition coefficient (Wildman–Crippen LogP) is 15.2. The van der Waals surface area contributed by atoms with Crippen molar-refractivity contribution in [2.24, 2.45) is 0 Å². The van der Waals surface area contributed by atoms with Crippen molar-refractivity contribution < 1.29 is 76.2 Å². The van der Waals surface area contributed by atoms with Gasteiger partial charge in [-0.25, -0.2) is 53.0 Å². The lowest BCUT2D eigenvalue weighted by atomic mass is 10.0. The van der Waals surface area contributed by atoms with E-state index in [1.54, 1.807) is 109 Å². The third kappa shape index (κ3) is 24.2. The van der Waals surface area contributed by atoms with Crippen LogP contribution in [0, 0.1) is 5.82 Å². The zero-order valence-corrected chi connectivity index (χ0v) is 66.3. The van der Waals surface area contributed by atoms with Crippen molar-refractivity contribution in [3.63, 3.8) is 0 Å². The average molecular weight is 1640 g/mol. The van der Waals surface area contributed by atoms with Crippen molar-refractivity contribution >= 4 is 97.8 Å². The van der Waals surface area contributed by atoms with Crippen LogP contribution in [0.15, 0.2) is 288 Å². The summed E-state index contributed by atoms with van der Waals surface area (Å²) in [4.78, 5) is 74.8. The van der Waals surface area contributed by atoms with Crippen LogP contribution < -0.4 is 37.8 Å². The first-order valence-electron chi connectivity index (χ1n) is 34.7. The number of pyridine rings is 6. The van der Waals surface area contributed by atoms with Crippen LogP contribution in [0.1, 0.15) is 119 Å². The number of aromatic nitrogens is 6. The minimum Gasteiger partial charge on any atom is -0.491 e. The number of ether oxygens (including phenoxy) is 4. The Hall–Kier alpha value is -12.7. The molecule has 26 nitrogen and oxygen atoms in total. The summed E-state index contributed by atoms with van der Waals surface area (Å²) in [5.41, 5.74) is 2.03. The second-order valence-corrected chi connectivity index (χ2v) is 32.6. The summed E-state index contributed by atoms with van der Waals surface area (Å²) in [5.74, 6) is -0.409. The lowest BCUT2D eigenvalue weighted by molar-refractivity contribution is 0.103. The van der Waals surface area contributed by atoms with Crippen LogP contribution in [0.3, 0.4) is 0 Å². The van der Waals surface area contributed by atoms with Gasteiger partial charge in [0.1, 0.15) is 28.0 Å². The molecule has 6 aromatic heterocycles. The maximum atomic E-state index is 13.5. The largest absolute Gasteiger partial charge is 0.491 e. The highest BCUT2D eigenvalue weighted by atomic mass is 35.5. The third-order valence-electron chi connectivity index (χ3n) is 15.2. The van der Waals surface area contributed by atoms with Crippen molar-refractivity contribution in [3.05, 3.63) is 323 Å². The Morgan fingerprint density at radius 3 is 1.25 bits per heavy atom. The number of nitrogens with one attached hydrogen (secondary N) is 4. The number of hydrogen-bond donors (Lipinski definition) is 4. The molecule has 12 aromatic rings. The van der Waals surface area contributed by atoms with E-state index in [9.17, 15) is 57.2 Å². The van der Waals surface area contributed by atoms with Crippen LogP contribution in [-0.4, -0.2) is 111 Å². The number of halogens is 2. The van der Waals surface area contributed by atoms with Crippen LogP contribution >= 0.6 is 11.6 Å². The van der Waals surface area contributed by atoms with E-state index >= 15 is 0 Å². The highest BCUT2D eigenvalue weighted by Crippen LogP contribution is 2.30. The Labute approximate surface area is 664 Å². The van der Waals surface area contributed by atoms with Crippen molar-refractivity contribution in [3.8, 4) is 23.1 Å². The van der Waals surface area contributed by atoms with E-state index in [0.717, 1.165) is 6.07 Å². The van der Waals surface area contributed by atoms with Crippen molar-refractivity contribution in [2.45, 2.75) is 99.4 Å². The summed E-state index contributed by atoms with van der Waals surface area (Å²) < 4.78 is 147. The number of anilines is 4. The smallest absolute Gasteiger partial charge is 0.264 e. The van der Waals surface area contributed by atoms with Crippen LogP contribution in [0.2, 0.25) is 5.02 Å². The zero-order chi connectivity index (χ0) is 82.3. The molecule has 0 spiro atoms. The standard InChI is InChI=1S/C21H19FN2O4S.C21H20N2O4S.C20H18ClN3O4S.C20H19N3O4S/c1-14(2)28-17-8-10-18(11-9-17)29(26,27)24-21-19(7-4-12-23-21)20(25)15-5-3-6-16(22)13-15;1-15(2)27-17-8-10-18(11-9-17)28(25,26)23-20-14-22-13-12-19(20)21(24)16-6-4-3-5-7-16;1-13(2)28-18-9-8-16(12-22-18)29(26,27)24-20-17(10-15(21)11-23-20)19(25)14-6-4-3-5-7-14;1-14(2)27-16-3-5-17(6-4-16)28(25,26)23-19-9-12-22-13-18(19)20(24)15-7-10-21-11-8-15/h3-14H,1-2H3,(H,23,24);3-15,23H,1-2H3;3-13H,1-2H3,(H,23,24);3-14H,1-2H3,(H,22,23). The molecule has 0 fully saturated rings. The number of carbonyl (C=O) groups is 4. The molecule has 0 saturated carbocycles. The number of carbonyl (C=O) groups excluding carboxylic acids is 4. The van der Waals surface area contributed by atoms with Crippen LogP contribution in [-0.2, 0) is 40.1 Å². The summed E-state index contributed by atoms with van der Waals surface area (Å²) >= 11 is 5.98. The van der Waals surface area contributed by atoms with Crippen LogP contribution in [0.4, 0.5) is 27.4 Å². The summed E-state index contributed by atoms with van der Waals surface area (Å²) in [5, 5.41) is 0.212. The van der Waals surface area contributed by atoms with Gasteiger partial charge in [-0.05, 0) is 189 Å². The van der Waals surface area contributed by atoms with E-state index in [2.05, 4.69) is 48.8 Å². The lowest BCUT2D eigenvalue weighted by Crippen LogP contribution is -2.17. The number of benzene rings is 6. The monoisotopic (exact) mass is 1640 g/mol. The number of hydrogen-bond acceptors (Lipinski definition) is 22. The number of sulfonamides is 4. The molecule has 0 radical (unpaired) electrons. The maximum absolute atomic E-state index is 13.5. The highest BCUT2D eigenvalue weighted by Gasteiger charge is 2.26. The molecule has 0 amide bonds. The van der Waals surface area contributed by atoms with Gasteiger partial charge in [-0.2, -0.15) is 0 Å². The zero-order valence-electron chi connectivity index (χ0n) is 62.3. The molecule has 12 rings (SSSR count). The number of ketones is 4. The van der Waals surface area contributed by atoms with E-state index in [4.69, 9.17) is 30.5 Å². The SMILES string of the molecule is CC(C)Oc1ccc(S(=O)(=O)Nc2ccncc2C(=O)c2ccncc2)cc1.CC(C)Oc1ccc(S(=O)(=O)Nc2cnccc2C(=O)c2ccccc2)cc1.CC(C)Oc1ccc(S(=O)(=O)Nc2ncc(Cl)cc2C(=O)c2ccccc2)cn1.CC(C)Oc1ccc(S(=O)(=O)Nc2ncccc2C(=O)c2cccc(F)c2)cc1. The van der Waals surface area contributed by atoms with E-state index in [-0.39, 0.29) is 111 Å².